The number of ether oxygens (including phenoxy) is 1. The predicted molar refractivity (Wildman–Crippen MR) is 89.7 cm³/mol. The van der Waals surface area contributed by atoms with Crippen LogP contribution in [0, 0.1) is 0 Å². The molecule has 0 aromatic carbocycles. The lowest BCUT2D eigenvalue weighted by Gasteiger charge is -2.14. The fraction of sp³-hybridized carbons (Fsp3) is 0.455. The molecule has 0 bridgehead atoms. The van der Waals surface area contributed by atoms with E-state index in [-0.39, 0.29) is 29.8 Å². The highest BCUT2D eigenvalue weighted by Gasteiger charge is 2.07. The Balaban J connectivity index is 1.68. The van der Waals surface area contributed by atoms with Gasteiger partial charge in [-0.1, -0.05) is 0 Å². The molecule has 2 heterocycles. The summed E-state index contributed by atoms with van der Waals surface area (Å²) in [5.74, 6) is 0.812. The zero-order valence-corrected chi connectivity index (χ0v) is 13.1. The number of nitrogen functional groups attached to an aromatic ring is 4. The number of aromatic nitrogens is 6. The van der Waals surface area contributed by atoms with Crippen LogP contribution in [0.25, 0.3) is 0 Å². The third-order valence-electron chi connectivity index (χ3n) is 2.61. The summed E-state index contributed by atoms with van der Waals surface area (Å²) in [6.07, 6.45) is 0. The highest BCUT2D eigenvalue weighted by Crippen LogP contribution is 2.05. The minimum absolute atomic E-state index is 0.0539. The first-order valence-corrected chi connectivity index (χ1v) is 7.04. The molecule has 0 saturated carbocycles. The molecular weight excluding hydrogens is 316 g/mol. The lowest BCUT2D eigenvalue weighted by Crippen LogP contribution is -2.25. The van der Waals surface area contributed by atoms with Crippen LogP contribution in [0.2, 0.25) is 0 Å². The van der Waals surface area contributed by atoms with Gasteiger partial charge >= 0.3 is 0 Å². The summed E-state index contributed by atoms with van der Waals surface area (Å²) in [5, 5.41) is 5.94. The number of nitrogens with two attached hydrogens (primary N) is 4. The van der Waals surface area contributed by atoms with Crippen molar-refractivity contribution in [2.45, 2.75) is 13.0 Å². The molecule has 0 spiro atoms. The molecule has 13 heteroatoms. The summed E-state index contributed by atoms with van der Waals surface area (Å²) in [5.41, 5.74) is 21.9. The molecule has 2 aromatic rings. The number of hydrogen-bond acceptors (Lipinski definition) is 13. The van der Waals surface area contributed by atoms with Gasteiger partial charge in [0.1, 0.15) is 0 Å². The third kappa shape index (κ3) is 5.53. The molecule has 0 radical (unpaired) electrons. The normalized spacial score (nSPS) is 11.9. The zero-order valence-electron chi connectivity index (χ0n) is 13.1. The van der Waals surface area contributed by atoms with E-state index < -0.39 is 0 Å². The van der Waals surface area contributed by atoms with Crippen molar-refractivity contribution in [2.24, 2.45) is 0 Å². The number of hydrogen-bond donors (Lipinski definition) is 6. The molecule has 24 heavy (non-hydrogen) atoms. The van der Waals surface area contributed by atoms with Crippen molar-refractivity contribution in [3.05, 3.63) is 0 Å². The van der Waals surface area contributed by atoms with E-state index >= 15 is 0 Å². The zero-order chi connectivity index (χ0) is 17.5. The molecule has 0 saturated heterocycles. The molecule has 2 aromatic heterocycles. The molecule has 0 aliphatic rings. The largest absolute Gasteiger partial charge is 0.378 e. The van der Waals surface area contributed by atoms with Crippen molar-refractivity contribution >= 4 is 35.7 Å². The lowest BCUT2D eigenvalue weighted by atomic mass is 10.4. The van der Waals surface area contributed by atoms with Crippen LogP contribution in [0.5, 0.6) is 0 Å². The first-order valence-electron chi connectivity index (χ1n) is 7.04. The Morgan fingerprint density at radius 1 is 0.833 bits per heavy atom. The summed E-state index contributed by atoms with van der Waals surface area (Å²) >= 11 is 0. The van der Waals surface area contributed by atoms with Gasteiger partial charge in [0.25, 0.3) is 0 Å². The van der Waals surface area contributed by atoms with E-state index in [4.69, 9.17) is 27.7 Å². The molecule has 0 amide bonds. The maximum Gasteiger partial charge on any atom is 0.229 e. The Kier molecular flexibility index (Phi) is 5.62. The first kappa shape index (κ1) is 17.1. The lowest BCUT2D eigenvalue weighted by molar-refractivity contribution is 0.137. The quantitative estimate of drug-likeness (QED) is 0.297. The van der Waals surface area contributed by atoms with Gasteiger partial charge in [-0.05, 0) is 6.92 Å². The van der Waals surface area contributed by atoms with Crippen LogP contribution in [-0.2, 0) is 4.74 Å². The topological polar surface area (TPSA) is 215 Å². The van der Waals surface area contributed by atoms with E-state index in [0.717, 1.165) is 0 Å². The van der Waals surface area contributed by atoms with Gasteiger partial charge in [-0.25, -0.2) is 0 Å². The minimum atomic E-state index is -0.0605. The Hall–Kier alpha value is -3.22. The number of nitrogens with zero attached hydrogens (tertiary/aromatic N) is 6. The van der Waals surface area contributed by atoms with Gasteiger partial charge < -0.3 is 38.3 Å². The Morgan fingerprint density at radius 2 is 1.33 bits per heavy atom. The van der Waals surface area contributed by atoms with Gasteiger partial charge in [0.2, 0.25) is 35.7 Å². The summed E-state index contributed by atoms with van der Waals surface area (Å²) < 4.78 is 5.52. The summed E-state index contributed by atoms with van der Waals surface area (Å²) in [6, 6.07) is -0.0605. The van der Waals surface area contributed by atoms with Gasteiger partial charge in [-0.3, -0.25) is 0 Å². The molecule has 0 fully saturated rings. The second kappa shape index (κ2) is 7.87. The van der Waals surface area contributed by atoms with Crippen LogP contribution in [-0.4, -0.2) is 55.7 Å². The Bertz CT molecular complexity index is 640. The van der Waals surface area contributed by atoms with E-state index in [0.29, 0.717) is 31.7 Å². The molecule has 1 unspecified atom stereocenters. The van der Waals surface area contributed by atoms with Crippen molar-refractivity contribution in [1.29, 1.82) is 0 Å². The van der Waals surface area contributed by atoms with Crippen molar-refractivity contribution in [3.63, 3.8) is 0 Å². The fourth-order valence-corrected chi connectivity index (χ4v) is 1.72. The maximum atomic E-state index is 5.52. The van der Waals surface area contributed by atoms with Gasteiger partial charge in [-0.2, -0.15) is 29.9 Å². The van der Waals surface area contributed by atoms with Gasteiger partial charge in [0.05, 0.1) is 13.2 Å². The number of anilines is 6. The maximum absolute atomic E-state index is 5.52. The fourth-order valence-electron chi connectivity index (χ4n) is 1.72. The summed E-state index contributed by atoms with van der Waals surface area (Å²) in [7, 11) is 0. The average Bonchev–Trinajstić information content (AvgIpc) is 2.44. The highest BCUT2D eigenvalue weighted by atomic mass is 16.5. The van der Waals surface area contributed by atoms with E-state index in [1.54, 1.807) is 0 Å². The van der Waals surface area contributed by atoms with Crippen LogP contribution in [0.1, 0.15) is 6.92 Å². The van der Waals surface area contributed by atoms with Gasteiger partial charge in [0, 0.05) is 12.6 Å². The second-order valence-electron chi connectivity index (χ2n) is 4.80. The van der Waals surface area contributed by atoms with Crippen molar-refractivity contribution in [3.8, 4) is 0 Å². The molecule has 10 N–H and O–H groups in total. The van der Waals surface area contributed by atoms with Crippen LogP contribution < -0.4 is 33.6 Å². The molecule has 130 valence electrons. The summed E-state index contributed by atoms with van der Waals surface area (Å²) in [4.78, 5) is 23.0. The molecule has 1 atom stereocenters. The standard InChI is InChI=1S/C11H20N12O/c1-5(17-11-22-8(14)19-9(15)23-11)4-24-3-2-16-10-20-6(12)18-7(13)21-10/h5H,2-4H2,1H3,(H5,12,13,16,18,20,21)(H5,14,15,17,19,22,23). The van der Waals surface area contributed by atoms with Crippen LogP contribution >= 0.6 is 0 Å². The molecule has 2 rings (SSSR count). The average molecular weight is 336 g/mol. The molecule has 0 aliphatic heterocycles. The first-order chi connectivity index (χ1) is 11.4. The van der Waals surface area contributed by atoms with E-state index in [1.807, 2.05) is 6.92 Å². The van der Waals surface area contributed by atoms with E-state index in [2.05, 4.69) is 40.5 Å². The van der Waals surface area contributed by atoms with Crippen molar-refractivity contribution < 1.29 is 4.74 Å². The van der Waals surface area contributed by atoms with Crippen molar-refractivity contribution in [1.82, 2.24) is 29.9 Å². The van der Waals surface area contributed by atoms with Crippen molar-refractivity contribution in [2.75, 3.05) is 53.3 Å². The monoisotopic (exact) mass is 336 g/mol. The predicted octanol–water partition coefficient (Wildman–Crippen LogP) is -1.69. The Labute approximate surface area is 137 Å². The van der Waals surface area contributed by atoms with Gasteiger partial charge in [-0.15, -0.1) is 0 Å². The smallest absolute Gasteiger partial charge is 0.229 e. The number of rotatable bonds is 8. The van der Waals surface area contributed by atoms with E-state index in [9.17, 15) is 0 Å². The third-order valence-corrected chi connectivity index (χ3v) is 2.61. The molecule has 13 nitrogen and oxygen atoms in total. The van der Waals surface area contributed by atoms with E-state index in [1.165, 1.54) is 0 Å². The number of nitrogens with one attached hydrogen (secondary N) is 2. The van der Waals surface area contributed by atoms with Crippen LogP contribution in [0.15, 0.2) is 0 Å². The second-order valence-corrected chi connectivity index (χ2v) is 4.80. The van der Waals surface area contributed by atoms with Gasteiger partial charge in [0.15, 0.2) is 0 Å². The highest BCUT2D eigenvalue weighted by molar-refractivity contribution is 5.38. The SMILES string of the molecule is CC(COCCNc1nc(N)nc(N)n1)Nc1nc(N)nc(N)n1. The Morgan fingerprint density at radius 3 is 1.88 bits per heavy atom. The molecular formula is C11H20N12O. The molecule has 0 aliphatic carbocycles. The summed E-state index contributed by atoms with van der Waals surface area (Å²) in [6.45, 7) is 3.20. The van der Waals surface area contributed by atoms with Crippen LogP contribution in [0.3, 0.4) is 0 Å². The van der Waals surface area contributed by atoms with Crippen LogP contribution in [0.4, 0.5) is 35.7 Å². The minimum Gasteiger partial charge on any atom is -0.378 e.